The van der Waals surface area contributed by atoms with Gasteiger partial charge in [0, 0.05) is 24.7 Å². The number of halogens is 2. The number of carbonyl (C=O) groups excluding carboxylic acids is 1. The van der Waals surface area contributed by atoms with Crippen LogP contribution in [0.5, 0.6) is 0 Å². The van der Waals surface area contributed by atoms with Gasteiger partial charge in [-0.15, -0.1) is 0 Å². The molecule has 0 spiro atoms. The topological polar surface area (TPSA) is 32.3 Å². The van der Waals surface area contributed by atoms with Crippen LogP contribution in [-0.4, -0.2) is 37.0 Å². The summed E-state index contributed by atoms with van der Waals surface area (Å²) < 4.78 is 13.8. The van der Waals surface area contributed by atoms with E-state index in [4.69, 9.17) is 0 Å². The van der Waals surface area contributed by atoms with Crippen molar-refractivity contribution in [1.29, 1.82) is 0 Å². The Labute approximate surface area is 114 Å². The molecule has 0 unspecified atom stereocenters. The summed E-state index contributed by atoms with van der Waals surface area (Å²) in [6, 6.07) is 4.74. The molecule has 1 heterocycles. The number of hydrogen-bond acceptors (Lipinski definition) is 2. The molecule has 1 amide bonds. The molecule has 0 radical (unpaired) electrons. The van der Waals surface area contributed by atoms with Crippen LogP contribution in [0, 0.1) is 5.82 Å². The van der Waals surface area contributed by atoms with Crippen molar-refractivity contribution in [2.45, 2.75) is 18.9 Å². The highest BCUT2D eigenvalue weighted by atomic mass is 79.9. The van der Waals surface area contributed by atoms with Gasteiger partial charge in [0.25, 0.3) is 5.91 Å². The monoisotopic (exact) mass is 314 g/mol. The standard InChI is InChI=1S/C13H16BrFN2O/c1-16-8-10-3-2-6-17(10)13(18)9-4-5-11(14)12(15)7-9/h4-5,7,10,16H,2-3,6,8H2,1H3/t10-/m1/s1. The third kappa shape index (κ3) is 2.72. The van der Waals surface area contributed by atoms with Crippen molar-refractivity contribution >= 4 is 21.8 Å². The second kappa shape index (κ2) is 5.80. The average molecular weight is 315 g/mol. The summed E-state index contributed by atoms with van der Waals surface area (Å²) in [7, 11) is 1.88. The number of hydrogen-bond donors (Lipinski definition) is 1. The quantitative estimate of drug-likeness (QED) is 0.929. The maximum absolute atomic E-state index is 13.4. The van der Waals surface area contributed by atoms with E-state index in [9.17, 15) is 9.18 Å². The zero-order valence-electron chi connectivity index (χ0n) is 10.2. The lowest BCUT2D eigenvalue weighted by Gasteiger charge is -2.24. The minimum absolute atomic E-state index is 0.0841. The normalized spacial score (nSPS) is 19.3. The summed E-state index contributed by atoms with van der Waals surface area (Å²) in [5.41, 5.74) is 0.415. The first-order valence-corrected chi connectivity index (χ1v) is 6.83. The summed E-state index contributed by atoms with van der Waals surface area (Å²) >= 11 is 3.09. The molecular weight excluding hydrogens is 299 g/mol. The van der Waals surface area contributed by atoms with E-state index >= 15 is 0 Å². The van der Waals surface area contributed by atoms with Crippen LogP contribution in [0.2, 0.25) is 0 Å². The molecule has 0 bridgehead atoms. The molecule has 0 aliphatic carbocycles. The van der Waals surface area contributed by atoms with Gasteiger partial charge in [0.2, 0.25) is 0 Å². The molecular formula is C13H16BrFN2O. The molecule has 1 aliphatic rings. The smallest absolute Gasteiger partial charge is 0.254 e. The molecule has 18 heavy (non-hydrogen) atoms. The molecule has 1 aromatic rings. The van der Waals surface area contributed by atoms with Crippen molar-refractivity contribution in [3.8, 4) is 0 Å². The molecule has 5 heteroatoms. The van der Waals surface area contributed by atoms with E-state index in [-0.39, 0.29) is 11.9 Å². The first-order valence-electron chi connectivity index (χ1n) is 6.04. The Hall–Kier alpha value is -0.940. The molecule has 0 saturated carbocycles. The average Bonchev–Trinajstić information content (AvgIpc) is 2.80. The zero-order valence-corrected chi connectivity index (χ0v) is 11.8. The minimum atomic E-state index is -0.398. The summed E-state index contributed by atoms with van der Waals surface area (Å²) in [4.78, 5) is 14.1. The van der Waals surface area contributed by atoms with Crippen molar-refractivity contribution in [3.05, 3.63) is 34.1 Å². The number of nitrogens with zero attached hydrogens (tertiary/aromatic N) is 1. The highest BCUT2D eigenvalue weighted by molar-refractivity contribution is 9.10. The SMILES string of the molecule is CNC[C@H]1CCCN1C(=O)c1ccc(Br)c(F)c1. The van der Waals surface area contributed by atoms with Gasteiger partial charge in [-0.05, 0) is 54.0 Å². The van der Waals surface area contributed by atoms with Gasteiger partial charge in [0.05, 0.1) is 4.47 Å². The van der Waals surface area contributed by atoms with Crippen molar-refractivity contribution in [3.63, 3.8) is 0 Å². The fourth-order valence-corrected chi connectivity index (χ4v) is 2.59. The Bertz CT molecular complexity index is 453. The maximum Gasteiger partial charge on any atom is 0.254 e. The van der Waals surface area contributed by atoms with Crippen molar-refractivity contribution in [2.24, 2.45) is 0 Å². The van der Waals surface area contributed by atoms with Gasteiger partial charge < -0.3 is 10.2 Å². The molecule has 1 aliphatic heterocycles. The molecule has 1 saturated heterocycles. The number of rotatable bonds is 3. The highest BCUT2D eigenvalue weighted by Crippen LogP contribution is 2.22. The van der Waals surface area contributed by atoms with Gasteiger partial charge in [-0.1, -0.05) is 0 Å². The summed E-state index contributed by atoms with van der Waals surface area (Å²) in [5.74, 6) is -0.482. The van der Waals surface area contributed by atoms with Crippen LogP contribution in [0.15, 0.2) is 22.7 Å². The molecule has 2 rings (SSSR count). The number of nitrogens with one attached hydrogen (secondary N) is 1. The van der Waals surface area contributed by atoms with Crippen molar-refractivity contribution in [1.82, 2.24) is 10.2 Å². The molecule has 0 aromatic heterocycles. The van der Waals surface area contributed by atoms with Crippen molar-refractivity contribution in [2.75, 3.05) is 20.1 Å². The van der Waals surface area contributed by atoms with E-state index < -0.39 is 5.82 Å². The first-order chi connectivity index (χ1) is 8.63. The highest BCUT2D eigenvalue weighted by Gasteiger charge is 2.28. The van der Waals surface area contributed by atoms with Crippen LogP contribution < -0.4 is 5.32 Å². The van der Waals surface area contributed by atoms with Crippen LogP contribution in [0.25, 0.3) is 0 Å². The summed E-state index contributed by atoms with van der Waals surface area (Å²) in [6.45, 7) is 1.54. The van der Waals surface area contributed by atoms with Gasteiger partial charge >= 0.3 is 0 Å². The van der Waals surface area contributed by atoms with Crippen molar-refractivity contribution < 1.29 is 9.18 Å². The Morgan fingerprint density at radius 3 is 3.06 bits per heavy atom. The molecule has 98 valence electrons. The molecule has 1 N–H and O–H groups in total. The second-order valence-electron chi connectivity index (χ2n) is 4.48. The van der Waals surface area contributed by atoms with Crippen LogP contribution in [0.4, 0.5) is 4.39 Å². The number of benzene rings is 1. The lowest BCUT2D eigenvalue weighted by atomic mass is 10.1. The van der Waals surface area contributed by atoms with Crippen LogP contribution in [0.1, 0.15) is 23.2 Å². The van der Waals surface area contributed by atoms with Crippen LogP contribution >= 0.6 is 15.9 Å². The summed E-state index contributed by atoms with van der Waals surface area (Å²) in [5, 5.41) is 3.09. The van der Waals surface area contributed by atoms with Gasteiger partial charge in [-0.25, -0.2) is 4.39 Å². The molecule has 3 nitrogen and oxygen atoms in total. The fourth-order valence-electron chi connectivity index (χ4n) is 2.35. The molecule has 1 fully saturated rings. The predicted octanol–water partition coefficient (Wildman–Crippen LogP) is 2.41. The maximum atomic E-state index is 13.4. The third-order valence-electron chi connectivity index (χ3n) is 3.24. The van der Waals surface area contributed by atoms with E-state index in [2.05, 4.69) is 21.2 Å². The predicted molar refractivity (Wildman–Crippen MR) is 72.1 cm³/mol. The van der Waals surface area contributed by atoms with E-state index in [1.54, 1.807) is 12.1 Å². The Balaban J connectivity index is 2.17. The Morgan fingerprint density at radius 1 is 1.61 bits per heavy atom. The van der Waals surface area contributed by atoms with E-state index in [1.807, 2.05) is 11.9 Å². The summed E-state index contributed by atoms with van der Waals surface area (Å²) in [6.07, 6.45) is 2.02. The Kier molecular flexibility index (Phi) is 4.35. The van der Waals surface area contributed by atoms with Gasteiger partial charge in [0.1, 0.15) is 5.82 Å². The van der Waals surface area contributed by atoms with E-state index in [0.29, 0.717) is 10.0 Å². The molecule has 1 aromatic carbocycles. The first kappa shape index (κ1) is 13.5. The lowest BCUT2D eigenvalue weighted by Crippen LogP contribution is -2.40. The molecule has 1 atom stereocenters. The van der Waals surface area contributed by atoms with Gasteiger partial charge in [-0.2, -0.15) is 0 Å². The number of amides is 1. The lowest BCUT2D eigenvalue weighted by molar-refractivity contribution is 0.0736. The van der Waals surface area contributed by atoms with Gasteiger partial charge in [0.15, 0.2) is 0 Å². The zero-order chi connectivity index (χ0) is 13.1. The van der Waals surface area contributed by atoms with E-state index in [1.165, 1.54) is 6.07 Å². The largest absolute Gasteiger partial charge is 0.334 e. The fraction of sp³-hybridized carbons (Fsp3) is 0.462. The van der Waals surface area contributed by atoms with Crippen LogP contribution in [-0.2, 0) is 0 Å². The Morgan fingerprint density at radius 2 is 2.39 bits per heavy atom. The van der Waals surface area contributed by atoms with E-state index in [0.717, 1.165) is 25.9 Å². The minimum Gasteiger partial charge on any atom is -0.334 e. The number of carbonyl (C=O) groups is 1. The van der Waals surface area contributed by atoms with Gasteiger partial charge in [-0.3, -0.25) is 4.79 Å². The second-order valence-corrected chi connectivity index (χ2v) is 5.34. The number of likely N-dealkylation sites (tertiary alicyclic amines) is 1. The number of likely N-dealkylation sites (N-methyl/N-ethyl adjacent to an activating group) is 1. The third-order valence-corrected chi connectivity index (χ3v) is 3.89. The van der Waals surface area contributed by atoms with Crippen LogP contribution in [0.3, 0.4) is 0 Å².